The molecule has 0 aliphatic heterocycles. The number of rotatable bonds is 1. The Balaban J connectivity index is 2.13. The minimum Gasteiger partial charge on any atom is -0.398 e. The maximum atomic E-state index is 6.30. The fourth-order valence-electron chi connectivity index (χ4n) is 3.81. The van der Waals surface area contributed by atoms with Crippen LogP contribution in [0.3, 0.4) is 0 Å². The highest BCUT2D eigenvalue weighted by Crippen LogP contribution is 2.39. The van der Waals surface area contributed by atoms with Gasteiger partial charge < -0.3 is 5.73 Å². The van der Waals surface area contributed by atoms with Crippen molar-refractivity contribution in [3.8, 4) is 0 Å². The maximum absolute atomic E-state index is 6.30. The standard InChI is InChI=1S/C20H19N/c1-2-13-6-5-9-15-14(13)10-11-17-16-7-3-4-8-18(16)20(21)12-19(15)17/h2-4,7-8,10-13H,1,5-6,9,21H2. The van der Waals surface area contributed by atoms with E-state index in [0.717, 1.165) is 17.5 Å². The Morgan fingerprint density at radius 1 is 1.00 bits per heavy atom. The Morgan fingerprint density at radius 3 is 2.57 bits per heavy atom. The highest BCUT2D eigenvalue weighted by atomic mass is 14.6. The smallest absolute Gasteiger partial charge is 0.0400 e. The molecule has 1 nitrogen and oxygen atoms in total. The Labute approximate surface area is 125 Å². The molecule has 0 saturated carbocycles. The molecule has 0 bridgehead atoms. The van der Waals surface area contributed by atoms with Crippen molar-refractivity contribution in [3.05, 3.63) is 66.2 Å². The normalized spacial score (nSPS) is 17.8. The van der Waals surface area contributed by atoms with Crippen LogP contribution < -0.4 is 5.73 Å². The SMILES string of the molecule is C=CC1CCCc2c1ccc1c2cc(N)c2ccccc21. The molecule has 0 heterocycles. The van der Waals surface area contributed by atoms with Gasteiger partial charge in [0.1, 0.15) is 0 Å². The molecule has 0 fully saturated rings. The number of anilines is 1. The van der Waals surface area contributed by atoms with Gasteiger partial charge in [0.15, 0.2) is 0 Å². The lowest BCUT2D eigenvalue weighted by Gasteiger charge is -2.25. The van der Waals surface area contributed by atoms with E-state index >= 15 is 0 Å². The fourth-order valence-corrected chi connectivity index (χ4v) is 3.81. The molecule has 4 rings (SSSR count). The number of hydrogen-bond acceptors (Lipinski definition) is 1. The molecule has 3 aromatic carbocycles. The summed E-state index contributed by atoms with van der Waals surface area (Å²) in [6, 6.07) is 15.2. The van der Waals surface area contributed by atoms with Gasteiger partial charge >= 0.3 is 0 Å². The fraction of sp³-hybridized carbons (Fsp3) is 0.200. The lowest BCUT2D eigenvalue weighted by Crippen LogP contribution is -2.08. The molecule has 2 N–H and O–H groups in total. The molecular formula is C20H19N. The summed E-state index contributed by atoms with van der Waals surface area (Å²) in [6.45, 7) is 4.01. The molecule has 0 amide bonds. The van der Waals surface area contributed by atoms with E-state index in [9.17, 15) is 0 Å². The maximum Gasteiger partial charge on any atom is 0.0400 e. The molecule has 0 saturated heterocycles. The molecule has 0 radical (unpaired) electrons. The van der Waals surface area contributed by atoms with Crippen molar-refractivity contribution in [3.63, 3.8) is 0 Å². The van der Waals surface area contributed by atoms with E-state index < -0.39 is 0 Å². The Hall–Kier alpha value is -2.28. The van der Waals surface area contributed by atoms with Gasteiger partial charge in [-0.25, -0.2) is 0 Å². The minimum absolute atomic E-state index is 0.492. The van der Waals surface area contributed by atoms with Crippen LogP contribution in [0.25, 0.3) is 21.5 Å². The zero-order chi connectivity index (χ0) is 14.4. The van der Waals surface area contributed by atoms with Crippen LogP contribution in [-0.2, 0) is 6.42 Å². The molecule has 1 aliphatic rings. The van der Waals surface area contributed by atoms with E-state index in [1.807, 2.05) is 0 Å². The van der Waals surface area contributed by atoms with Crippen LogP contribution in [0.4, 0.5) is 5.69 Å². The van der Waals surface area contributed by atoms with E-state index in [2.05, 4.69) is 55.1 Å². The largest absolute Gasteiger partial charge is 0.398 e. The summed E-state index contributed by atoms with van der Waals surface area (Å²) in [7, 11) is 0. The zero-order valence-electron chi connectivity index (χ0n) is 12.1. The summed E-state index contributed by atoms with van der Waals surface area (Å²) in [4.78, 5) is 0. The van der Waals surface area contributed by atoms with Gasteiger partial charge in [-0.3, -0.25) is 0 Å². The second kappa shape index (κ2) is 4.63. The number of allylic oxidation sites excluding steroid dienone is 1. The van der Waals surface area contributed by atoms with Crippen molar-refractivity contribution in [2.24, 2.45) is 0 Å². The van der Waals surface area contributed by atoms with E-state index in [1.54, 1.807) is 0 Å². The second-order valence-electron chi connectivity index (χ2n) is 5.97. The van der Waals surface area contributed by atoms with E-state index in [4.69, 9.17) is 5.73 Å². The van der Waals surface area contributed by atoms with E-state index in [-0.39, 0.29) is 0 Å². The van der Waals surface area contributed by atoms with Gasteiger partial charge in [-0.05, 0) is 52.6 Å². The number of hydrogen-bond donors (Lipinski definition) is 1. The van der Waals surface area contributed by atoms with E-state index in [1.165, 1.54) is 40.1 Å². The first kappa shape index (κ1) is 12.5. The lowest BCUT2D eigenvalue weighted by molar-refractivity contribution is 0.633. The second-order valence-corrected chi connectivity index (χ2v) is 5.97. The summed E-state index contributed by atoms with van der Waals surface area (Å²) in [5.41, 5.74) is 10.1. The molecule has 1 unspecified atom stereocenters. The van der Waals surface area contributed by atoms with Gasteiger partial charge in [-0.1, -0.05) is 42.5 Å². The van der Waals surface area contributed by atoms with Crippen LogP contribution >= 0.6 is 0 Å². The quantitative estimate of drug-likeness (QED) is 0.369. The number of aryl methyl sites for hydroxylation is 1. The number of nitrogens with two attached hydrogens (primary N) is 1. The number of nitrogen functional groups attached to an aromatic ring is 1. The van der Waals surface area contributed by atoms with Crippen LogP contribution in [-0.4, -0.2) is 0 Å². The molecular weight excluding hydrogens is 254 g/mol. The average molecular weight is 273 g/mol. The molecule has 104 valence electrons. The van der Waals surface area contributed by atoms with Gasteiger partial charge in [0.05, 0.1) is 0 Å². The zero-order valence-corrected chi connectivity index (χ0v) is 12.1. The molecule has 0 aromatic heterocycles. The Morgan fingerprint density at radius 2 is 1.76 bits per heavy atom. The monoisotopic (exact) mass is 273 g/mol. The highest BCUT2D eigenvalue weighted by Gasteiger charge is 2.20. The van der Waals surface area contributed by atoms with Gasteiger partial charge in [0, 0.05) is 17.0 Å². The van der Waals surface area contributed by atoms with Crippen LogP contribution in [0.5, 0.6) is 0 Å². The summed E-state index contributed by atoms with van der Waals surface area (Å²) < 4.78 is 0. The summed E-state index contributed by atoms with van der Waals surface area (Å²) >= 11 is 0. The average Bonchev–Trinajstić information content (AvgIpc) is 2.54. The summed E-state index contributed by atoms with van der Waals surface area (Å²) in [5, 5.41) is 5.07. The molecule has 0 spiro atoms. The van der Waals surface area contributed by atoms with Crippen LogP contribution in [0.15, 0.2) is 55.1 Å². The van der Waals surface area contributed by atoms with Crippen molar-refractivity contribution in [2.45, 2.75) is 25.2 Å². The highest BCUT2D eigenvalue weighted by molar-refractivity contribution is 6.13. The first-order chi connectivity index (χ1) is 10.3. The third-order valence-electron chi connectivity index (χ3n) is 4.85. The van der Waals surface area contributed by atoms with Gasteiger partial charge in [0.25, 0.3) is 0 Å². The summed E-state index contributed by atoms with van der Waals surface area (Å²) in [5.74, 6) is 0.492. The first-order valence-corrected chi connectivity index (χ1v) is 7.65. The van der Waals surface area contributed by atoms with Gasteiger partial charge in [-0.2, -0.15) is 0 Å². The predicted octanol–water partition coefficient (Wildman–Crippen LogP) is 5.18. The van der Waals surface area contributed by atoms with Crippen LogP contribution in [0, 0.1) is 0 Å². The van der Waals surface area contributed by atoms with Gasteiger partial charge in [-0.15, -0.1) is 6.58 Å². The number of benzene rings is 3. The third-order valence-corrected chi connectivity index (χ3v) is 4.85. The lowest BCUT2D eigenvalue weighted by atomic mass is 9.80. The Kier molecular flexibility index (Phi) is 2.75. The van der Waals surface area contributed by atoms with Crippen molar-refractivity contribution >= 4 is 27.2 Å². The molecule has 1 atom stereocenters. The van der Waals surface area contributed by atoms with Crippen LogP contribution in [0.2, 0.25) is 0 Å². The number of fused-ring (bicyclic) bond motifs is 5. The van der Waals surface area contributed by atoms with Crippen molar-refractivity contribution in [1.82, 2.24) is 0 Å². The van der Waals surface area contributed by atoms with Crippen LogP contribution in [0.1, 0.15) is 29.9 Å². The predicted molar refractivity (Wildman–Crippen MR) is 91.7 cm³/mol. The van der Waals surface area contributed by atoms with Gasteiger partial charge in [0.2, 0.25) is 0 Å². The minimum atomic E-state index is 0.492. The topological polar surface area (TPSA) is 26.0 Å². The van der Waals surface area contributed by atoms with Crippen molar-refractivity contribution < 1.29 is 0 Å². The molecule has 21 heavy (non-hydrogen) atoms. The molecule has 1 heteroatoms. The Bertz CT molecular complexity index is 860. The summed E-state index contributed by atoms with van der Waals surface area (Å²) in [6.07, 6.45) is 5.68. The third kappa shape index (κ3) is 1.77. The molecule has 3 aromatic rings. The van der Waals surface area contributed by atoms with E-state index in [0.29, 0.717) is 5.92 Å². The first-order valence-electron chi connectivity index (χ1n) is 7.65. The van der Waals surface area contributed by atoms with Crippen molar-refractivity contribution in [2.75, 3.05) is 5.73 Å². The molecule has 1 aliphatic carbocycles. The van der Waals surface area contributed by atoms with Crippen molar-refractivity contribution in [1.29, 1.82) is 0 Å².